The Balaban J connectivity index is 1.59. The minimum Gasteiger partial charge on any atom is -0.494 e. The highest BCUT2D eigenvalue weighted by Crippen LogP contribution is 2.35. The van der Waals surface area contributed by atoms with Gasteiger partial charge in [-0.25, -0.2) is 4.79 Å². The molecule has 150 valence electrons. The lowest BCUT2D eigenvalue weighted by atomic mass is 10.1. The number of Topliss-reactive ketones (excluding diaryl/α,β-unsaturated/α-hetero) is 1. The third-order valence-corrected chi connectivity index (χ3v) is 4.65. The molecule has 3 aromatic rings. The second-order valence-electron chi connectivity index (χ2n) is 6.82. The number of hydrogen-bond acceptors (Lipinski definition) is 5. The molecule has 5 heteroatoms. The number of rotatable bonds is 5. The van der Waals surface area contributed by atoms with E-state index >= 15 is 0 Å². The molecule has 0 atom stereocenters. The molecule has 0 aliphatic carbocycles. The number of para-hydroxylation sites is 1. The molecule has 0 saturated carbocycles. The second kappa shape index (κ2) is 8.25. The van der Waals surface area contributed by atoms with Crippen molar-refractivity contribution in [3.8, 4) is 17.2 Å². The van der Waals surface area contributed by atoms with E-state index in [0.717, 1.165) is 5.56 Å². The predicted octanol–water partition coefficient (Wildman–Crippen LogP) is 5.23. The lowest BCUT2D eigenvalue weighted by Gasteiger charge is -2.08. The highest BCUT2D eigenvalue weighted by Gasteiger charge is 2.28. The smallest absolute Gasteiger partial charge is 0.343 e. The average molecular weight is 400 g/mol. The first-order valence-corrected chi connectivity index (χ1v) is 9.64. The van der Waals surface area contributed by atoms with Crippen molar-refractivity contribution < 1.29 is 23.8 Å². The van der Waals surface area contributed by atoms with Crippen LogP contribution in [0.25, 0.3) is 6.08 Å². The van der Waals surface area contributed by atoms with Gasteiger partial charge in [0.15, 0.2) is 5.76 Å². The fourth-order valence-corrected chi connectivity index (χ4v) is 3.11. The van der Waals surface area contributed by atoms with Crippen molar-refractivity contribution in [2.45, 2.75) is 13.8 Å². The van der Waals surface area contributed by atoms with Crippen LogP contribution < -0.4 is 14.2 Å². The number of benzene rings is 3. The Labute approximate surface area is 174 Å². The summed E-state index contributed by atoms with van der Waals surface area (Å²) in [6.07, 6.45) is 1.58. The van der Waals surface area contributed by atoms with E-state index < -0.39 is 5.97 Å². The van der Waals surface area contributed by atoms with Gasteiger partial charge in [0.25, 0.3) is 0 Å². The van der Waals surface area contributed by atoms with Crippen LogP contribution in [0.5, 0.6) is 17.2 Å². The van der Waals surface area contributed by atoms with Gasteiger partial charge in [0.05, 0.1) is 17.7 Å². The highest BCUT2D eigenvalue weighted by molar-refractivity contribution is 6.14. The van der Waals surface area contributed by atoms with Crippen LogP contribution in [0.1, 0.15) is 38.8 Å². The summed E-state index contributed by atoms with van der Waals surface area (Å²) in [4.78, 5) is 25.2. The van der Waals surface area contributed by atoms with Crippen molar-refractivity contribution in [3.05, 3.63) is 94.7 Å². The number of aryl methyl sites for hydroxylation is 1. The molecule has 1 aliphatic heterocycles. The van der Waals surface area contributed by atoms with Crippen molar-refractivity contribution >= 4 is 17.8 Å². The van der Waals surface area contributed by atoms with Crippen molar-refractivity contribution in [3.63, 3.8) is 0 Å². The molecule has 30 heavy (non-hydrogen) atoms. The van der Waals surface area contributed by atoms with Crippen LogP contribution in [0, 0.1) is 6.92 Å². The van der Waals surface area contributed by atoms with E-state index in [0.29, 0.717) is 40.5 Å². The molecule has 0 amide bonds. The first kappa shape index (κ1) is 19.5. The van der Waals surface area contributed by atoms with Gasteiger partial charge in [-0.2, -0.15) is 0 Å². The molecule has 1 aliphatic rings. The molecular formula is C25H20O5. The fourth-order valence-electron chi connectivity index (χ4n) is 3.11. The topological polar surface area (TPSA) is 61.8 Å². The van der Waals surface area contributed by atoms with E-state index in [-0.39, 0.29) is 11.5 Å². The Morgan fingerprint density at radius 2 is 1.80 bits per heavy atom. The quantitative estimate of drug-likeness (QED) is 0.333. The van der Waals surface area contributed by atoms with Crippen LogP contribution in [0.15, 0.2) is 72.5 Å². The first-order valence-electron chi connectivity index (χ1n) is 9.64. The highest BCUT2D eigenvalue weighted by atomic mass is 16.5. The molecule has 5 nitrogen and oxygen atoms in total. The van der Waals surface area contributed by atoms with Crippen LogP contribution in [-0.2, 0) is 0 Å². The minimum absolute atomic E-state index is 0.164. The Kier molecular flexibility index (Phi) is 5.35. The molecule has 0 fully saturated rings. The van der Waals surface area contributed by atoms with Gasteiger partial charge in [-0.1, -0.05) is 35.9 Å². The molecule has 0 aromatic heterocycles. The number of ether oxygens (including phenoxy) is 3. The Morgan fingerprint density at radius 3 is 2.57 bits per heavy atom. The normalized spacial score (nSPS) is 13.7. The molecule has 4 rings (SSSR count). The zero-order valence-electron chi connectivity index (χ0n) is 16.7. The van der Waals surface area contributed by atoms with Gasteiger partial charge in [-0.15, -0.1) is 0 Å². The zero-order chi connectivity index (χ0) is 21.1. The predicted molar refractivity (Wildman–Crippen MR) is 113 cm³/mol. The number of allylic oxidation sites excluding steroid dienone is 1. The van der Waals surface area contributed by atoms with E-state index in [1.54, 1.807) is 60.7 Å². The summed E-state index contributed by atoms with van der Waals surface area (Å²) >= 11 is 0. The lowest BCUT2D eigenvalue weighted by Crippen LogP contribution is -2.09. The monoisotopic (exact) mass is 400 g/mol. The maximum atomic E-state index is 12.7. The maximum absolute atomic E-state index is 12.7. The SMILES string of the molecule is CCOc1ccc2c(c1)O/C(=C\c1ccccc1OC(=O)c1ccc(C)cc1)C2=O. The minimum atomic E-state index is -0.468. The van der Waals surface area contributed by atoms with Gasteiger partial charge in [0.1, 0.15) is 17.2 Å². The van der Waals surface area contributed by atoms with Crippen LogP contribution in [0.4, 0.5) is 0 Å². The van der Waals surface area contributed by atoms with Crippen molar-refractivity contribution in [2.24, 2.45) is 0 Å². The summed E-state index contributed by atoms with van der Waals surface area (Å²) in [5.74, 6) is 0.899. The van der Waals surface area contributed by atoms with Gasteiger partial charge in [0.2, 0.25) is 5.78 Å². The Morgan fingerprint density at radius 1 is 1.03 bits per heavy atom. The number of esters is 1. The molecule has 0 N–H and O–H groups in total. The number of carbonyl (C=O) groups excluding carboxylic acids is 2. The van der Waals surface area contributed by atoms with Crippen LogP contribution in [0.2, 0.25) is 0 Å². The van der Waals surface area contributed by atoms with Crippen molar-refractivity contribution in [1.29, 1.82) is 0 Å². The van der Waals surface area contributed by atoms with E-state index in [4.69, 9.17) is 14.2 Å². The first-order chi connectivity index (χ1) is 14.5. The molecule has 0 bridgehead atoms. The summed E-state index contributed by atoms with van der Waals surface area (Å²) in [5.41, 5.74) is 2.55. The molecule has 0 saturated heterocycles. The standard InChI is InChI=1S/C25H20O5/c1-3-28-19-12-13-20-22(15-19)29-23(24(20)26)14-18-6-4-5-7-21(18)30-25(27)17-10-8-16(2)9-11-17/h4-15H,3H2,1-2H3/b23-14-. The second-order valence-corrected chi connectivity index (χ2v) is 6.82. The maximum Gasteiger partial charge on any atom is 0.343 e. The van der Waals surface area contributed by atoms with E-state index in [1.807, 2.05) is 26.0 Å². The van der Waals surface area contributed by atoms with E-state index in [1.165, 1.54) is 0 Å². The summed E-state index contributed by atoms with van der Waals surface area (Å²) in [7, 11) is 0. The fraction of sp³-hybridized carbons (Fsp3) is 0.120. The van der Waals surface area contributed by atoms with Gasteiger partial charge in [-0.05, 0) is 50.3 Å². The third-order valence-electron chi connectivity index (χ3n) is 4.65. The average Bonchev–Trinajstić information content (AvgIpc) is 3.05. The van der Waals surface area contributed by atoms with Crippen LogP contribution in [0.3, 0.4) is 0 Å². The van der Waals surface area contributed by atoms with Gasteiger partial charge < -0.3 is 14.2 Å². The van der Waals surface area contributed by atoms with Gasteiger partial charge in [0, 0.05) is 11.6 Å². The number of fused-ring (bicyclic) bond motifs is 1. The summed E-state index contributed by atoms with van der Waals surface area (Å²) < 4.78 is 16.8. The number of ketones is 1. The molecule has 1 heterocycles. The molecule has 0 radical (unpaired) electrons. The number of carbonyl (C=O) groups is 2. The third kappa shape index (κ3) is 3.96. The van der Waals surface area contributed by atoms with Crippen molar-refractivity contribution in [1.82, 2.24) is 0 Å². The molecule has 0 spiro atoms. The van der Waals surface area contributed by atoms with E-state index in [2.05, 4.69) is 0 Å². The summed E-state index contributed by atoms with van der Waals surface area (Å²) in [5, 5.41) is 0. The summed E-state index contributed by atoms with van der Waals surface area (Å²) in [6.45, 7) is 4.36. The Hall–Kier alpha value is -3.86. The molecule has 0 unspecified atom stereocenters. The largest absolute Gasteiger partial charge is 0.494 e. The number of hydrogen-bond donors (Lipinski definition) is 0. The van der Waals surface area contributed by atoms with Crippen LogP contribution in [-0.4, -0.2) is 18.4 Å². The van der Waals surface area contributed by atoms with Crippen LogP contribution >= 0.6 is 0 Å². The molecule has 3 aromatic carbocycles. The van der Waals surface area contributed by atoms with Gasteiger partial charge >= 0.3 is 5.97 Å². The Bertz CT molecular complexity index is 1140. The summed E-state index contributed by atoms with van der Waals surface area (Å²) in [6, 6.07) is 19.3. The lowest BCUT2D eigenvalue weighted by molar-refractivity contribution is 0.0734. The van der Waals surface area contributed by atoms with Crippen molar-refractivity contribution in [2.75, 3.05) is 6.61 Å². The van der Waals surface area contributed by atoms with Gasteiger partial charge in [-0.3, -0.25) is 4.79 Å². The molecular weight excluding hydrogens is 380 g/mol. The van der Waals surface area contributed by atoms with E-state index in [9.17, 15) is 9.59 Å². The zero-order valence-corrected chi connectivity index (χ0v) is 16.7.